The number of likely N-dealkylation sites (N-methyl/N-ethyl adjacent to an activating group) is 2. The fourth-order valence-electron chi connectivity index (χ4n) is 2.05. The van der Waals surface area contributed by atoms with Crippen molar-refractivity contribution in [3.05, 3.63) is 0 Å². The maximum Gasteiger partial charge on any atom is 0.0220 e. The summed E-state index contributed by atoms with van der Waals surface area (Å²) in [6, 6.07) is 0.755. The van der Waals surface area contributed by atoms with E-state index in [9.17, 15) is 0 Å². The van der Waals surface area contributed by atoms with Gasteiger partial charge in [0.1, 0.15) is 0 Å². The minimum atomic E-state index is 0.755. The summed E-state index contributed by atoms with van der Waals surface area (Å²) in [5.41, 5.74) is 5.51. The molecule has 78 valence electrons. The fourth-order valence-corrected chi connectivity index (χ4v) is 2.05. The van der Waals surface area contributed by atoms with Gasteiger partial charge >= 0.3 is 0 Å². The van der Waals surface area contributed by atoms with Crippen LogP contribution in [0.3, 0.4) is 0 Å². The monoisotopic (exact) mass is 185 g/mol. The molecule has 0 bridgehead atoms. The van der Waals surface area contributed by atoms with Crippen LogP contribution in [0.1, 0.15) is 19.3 Å². The first-order valence-corrected chi connectivity index (χ1v) is 5.33. The van der Waals surface area contributed by atoms with Crippen molar-refractivity contribution in [2.75, 3.05) is 40.3 Å². The number of likely N-dealkylation sites (tertiary alicyclic amines) is 1. The molecule has 0 saturated carbocycles. The third-order valence-electron chi connectivity index (χ3n) is 2.95. The van der Waals surface area contributed by atoms with E-state index >= 15 is 0 Å². The lowest BCUT2D eigenvalue weighted by atomic mass is 10.0. The van der Waals surface area contributed by atoms with Crippen LogP contribution in [-0.2, 0) is 0 Å². The Balaban J connectivity index is 2.25. The van der Waals surface area contributed by atoms with Gasteiger partial charge < -0.3 is 15.5 Å². The van der Waals surface area contributed by atoms with Crippen LogP contribution < -0.4 is 5.73 Å². The molecule has 0 aliphatic carbocycles. The molecule has 0 unspecified atom stereocenters. The SMILES string of the molecule is CN(CCN)C[C@@H]1CCCCN1C. The van der Waals surface area contributed by atoms with Gasteiger partial charge in [0.25, 0.3) is 0 Å². The second-order valence-corrected chi connectivity index (χ2v) is 4.18. The largest absolute Gasteiger partial charge is 0.329 e. The van der Waals surface area contributed by atoms with Crippen molar-refractivity contribution in [2.24, 2.45) is 5.73 Å². The van der Waals surface area contributed by atoms with Crippen molar-refractivity contribution in [2.45, 2.75) is 25.3 Å². The highest BCUT2D eigenvalue weighted by Gasteiger charge is 2.19. The zero-order chi connectivity index (χ0) is 9.68. The van der Waals surface area contributed by atoms with Gasteiger partial charge in [-0.15, -0.1) is 0 Å². The highest BCUT2D eigenvalue weighted by atomic mass is 15.2. The predicted octanol–water partition coefficient (Wildman–Crippen LogP) is 0.361. The third kappa shape index (κ3) is 3.63. The van der Waals surface area contributed by atoms with Crippen molar-refractivity contribution in [1.29, 1.82) is 0 Å². The maximum absolute atomic E-state index is 5.51. The lowest BCUT2D eigenvalue weighted by Gasteiger charge is -2.35. The van der Waals surface area contributed by atoms with Gasteiger partial charge in [-0.3, -0.25) is 0 Å². The zero-order valence-corrected chi connectivity index (χ0v) is 9.00. The Kier molecular flexibility index (Phi) is 4.70. The van der Waals surface area contributed by atoms with E-state index in [-0.39, 0.29) is 0 Å². The molecule has 0 aromatic heterocycles. The molecule has 0 spiro atoms. The van der Waals surface area contributed by atoms with E-state index in [2.05, 4.69) is 23.9 Å². The second-order valence-electron chi connectivity index (χ2n) is 4.18. The number of hydrogen-bond acceptors (Lipinski definition) is 3. The Labute approximate surface area is 81.9 Å². The smallest absolute Gasteiger partial charge is 0.0220 e. The minimum Gasteiger partial charge on any atom is -0.329 e. The van der Waals surface area contributed by atoms with Gasteiger partial charge in [-0.05, 0) is 33.5 Å². The van der Waals surface area contributed by atoms with Crippen molar-refractivity contribution in [1.82, 2.24) is 9.80 Å². The highest BCUT2D eigenvalue weighted by Crippen LogP contribution is 2.15. The van der Waals surface area contributed by atoms with Crippen molar-refractivity contribution >= 4 is 0 Å². The average molecular weight is 185 g/mol. The summed E-state index contributed by atoms with van der Waals surface area (Å²) >= 11 is 0. The predicted molar refractivity (Wildman–Crippen MR) is 56.8 cm³/mol. The second kappa shape index (κ2) is 5.58. The Morgan fingerprint density at radius 1 is 1.46 bits per heavy atom. The zero-order valence-electron chi connectivity index (χ0n) is 9.00. The number of rotatable bonds is 4. The molecule has 0 aromatic rings. The Morgan fingerprint density at radius 2 is 2.23 bits per heavy atom. The van der Waals surface area contributed by atoms with Crippen LogP contribution >= 0.6 is 0 Å². The van der Waals surface area contributed by atoms with E-state index < -0.39 is 0 Å². The molecule has 3 heteroatoms. The molecule has 1 rings (SSSR count). The van der Waals surface area contributed by atoms with Gasteiger partial charge in [-0.2, -0.15) is 0 Å². The van der Waals surface area contributed by atoms with Crippen LogP contribution in [0.2, 0.25) is 0 Å². The molecule has 1 aliphatic rings. The fraction of sp³-hybridized carbons (Fsp3) is 1.00. The Bertz CT molecular complexity index is 138. The quantitative estimate of drug-likeness (QED) is 0.686. The molecular formula is C10H23N3. The number of nitrogens with zero attached hydrogens (tertiary/aromatic N) is 2. The Morgan fingerprint density at radius 3 is 2.85 bits per heavy atom. The summed E-state index contributed by atoms with van der Waals surface area (Å²) < 4.78 is 0. The normalized spacial score (nSPS) is 25.4. The first-order valence-electron chi connectivity index (χ1n) is 5.33. The minimum absolute atomic E-state index is 0.755. The average Bonchev–Trinajstić information content (AvgIpc) is 2.09. The van der Waals surface area contributed by atoms with Gasteiger partial charge in [0, 0.05) is 25.7 Å². The molecule has 0 aromatic carbocycles. The lowest BCUT2D eigenvalue weighted by Crippen LogP contribution is -2.44. The van der Waals surface area contributed by atoms with E-state index in [0.717, 1.165) is 19.1 Å². The van der Waals surface area contributed by atoms with Crippen LogP contribution in [0.25, 0.3) is 0 Å². The van der Waals surface area contributed by atoms with Crippen LogP contribution in [-0.4, -0.2) is 56.1 Å². The summed E-state index contributed by atoms with van der Waals surface area (Å²) in [4.78, 5) is 4.82. The van der Waals surface area contributed by atoms with Crippen LogP contribution in [0.4, 0.5) is 0 Å². The van der Waals surface area contributed by atoms with Gasteiger partial charge in [0.2, 0.25) is 0 Å². The highest BCUT2D eigenvalue weighted by molar-refractivity contribution is 4.76. The van der Waals surface area contributed by atoms with Crippen molar-refractivity contribution in [3.8, 4) is 0 Å². The molecule has 0 radical (unpaired) electrons. The molecule has 0 amide bonds. The maximum atomic E-state index is 5.51. The van der Waals surface area contributed by atoms with E-state index in [1.54, 1.807) is 0 Å². The summed E-state index contributed by atoms with van der Waals surface area (Å²) in [6.07, 6.45) is 4.12. The lowest BCUT2D eigenvalue weighted by molar-refractivity contribution is 0.142. The van der Waals surface area contributed by atoms with Gasteiger partial charge in [-0.25, -0.2) is 0 Å². The summed E-state index contributed by atoms with van der Waals surface area (Å²) in [6.45, 7) is 4.23. The first kappa shape index (κ1) is 11.0. The molecule has 2 N–H and O–H groups in total. The standard InChI is InChI=1S/C10H23N3/c1-12(8-6-11)9-10-5-3-4-7-13(10)2/h10H,3-9,11H2,1-2H3/t10-/m0/s1. The molecular weight excluding hydrogens is 162 g/mol. The van der Waals surface area contributed by atoms with E-state index in [0.29, 0.717) is 0 Å². The van der Waals surface area contributed by atoms with Gasteiger partial charge in [-0.1, -0.05) is 6.42 Å². The molecule has 1 saturated heterocycles. The van der Waals surface area contributed by atoms with Crippen LogP contribution in [0, 0.1) is 0 Å². The summed E-state index contributed by atoms with van der Waals surface area (Å²) in [5.74, 6) is 0. The molecule has 1 atom stereocenters. The molecule has 1 aliphatic heterocycles. The summed E-state index contributed by atoms with van der Waals surface area (Å²) in [7, 11) is 4.40. The third-order valence-corrected chi connectivity index (χ3v) is 2.95. The van der Waals surface area contributed by atoms with E-state index in [4.69, 9.17) is 5.73 Å². The van der Waals surface area contributed by atoms with Gasteiger partial charge in [0.15, 0.2) is 0 Å². The van der Waals surface area contributed by atoms with Crippen molar-refractivity contribution in [3.63, 3.8) is 0 Å². The number of hydrogen-bond donors (Lipinski definition) is 1. The molecule has 3 nitrogen and oxygen atoms in total. The van der Waals surface area contributed by atoms with E-state index in [1.165, 1.54) is 32.4 Å². The molecule has 1 fully saturated rings. The van der Waals surface area contributed by atoms with Crippen LogP contribution in [0.15, 0.2) is 0 Å². The van der Waals surface area contributed by atoms with Crippen LogP contribution in [0.5, 0.6) is 0 Å². The number of nitrogens with two attached hydrogens (primary N) is 1. The van der Waals surface area contributed by atoms with Gasteiger partial charge in [0.05, 0.1) is 0 Å². The Hall–Kier alpha value is -0.120. The summed E-state index contributed by atoms with van der Waals surface area (Å²) in [5, 5.41) is 0. The number of piperidine rings is 1. The van der Waals surface area contributed by atoms with E-state index in [1.807, 2.05) is 0 Å². The molecule has 13 heavy (non-hydrogen) atoms. The van der Waals surface area contributed by atoms with Crippen molar-refractivity contribution < 1.29 is 0 Å². The first-order chi connectivity index (χ1) is 6.24. The molecule has 1 heterocycles. The topological polar surface area (TPSA) is 32.5 Å².